The van der Waals surface area contributed by atoms with Crippen LogP contribution in [-0.2, 0) is 19.4 Å². The van der Waals surface area contributed by atoms with Gasteiger partial charge >= 0.3 is 11.9 Å². The number of esters is 2. The zero-order valence-corrected chi connectivity index (χ0v) is 20.9. The second kappa shape index (κ2) is 9.81. The Balaban J connectivity index is 1.26. The number of ether oxygens (including phenoxy) is 2. The van der Waals surface area contributed by atoms with Gasteiger partial charge in [-0.05, 0) is 48.7 Å². The van der Waals surface area contributed by atoms with Crippen LogP contribution in [0, 0.1) is 7.91 Å². The molecule has 0 aliphatic heterocycles. The van der Waals surface area contributed by atoms with E-state index < -0.39 is 33.3 Å². The molecule has 33 heavy (non-hydrogen) atoms. The van der Waals surface area contributed by atoms with E-state index in [0.29, 0.717) is 19.4 Å². The summed E-state index contributed by atoms with van der Waals surface area (Å²) in [7, 11) is -3.65. The number of sulfone groups is 1. The molecule has 4 aromatic rings. The van der Waals surface area contributed by atoms with E-state index in [2.05, 4.69) is 9.97 Å². The lowest BCUT2D eigenvalue weighted by Gasteiger charge is -2.07. The Kier molecular flexibility index (Phi) is 7.05. The highest BCUT2D eigenvalue weighted by molar-refractivity contribution is 7.91. The smallest absolute Gasteiger partial charge is 0.312 e. The Labute approximate surface area is 206 Å². The molecular formula is C20H16N2O6S5. The summed E-state index contributed by atoms with van der Waals surface area (Å²) in [5, 5.41) is 0. The Morgan fingerprint density at radius 3 is 1.64 bits per heavy atom. The summed E-state index contributed by atoms with van der Waals surface area (Å²) in [4.78, 5) is 30.2. The van der Waals surface area contributed by atoms with Crippen LogP contribution < -0.4 is 9.47 Å². The number of thiazole rings is 2. The van der Waals surface area contributed by atoms with Crippen LogP contribution in [0.3, 0.4) is 0 Å². The zero-order valence-electron chi connectivity index (χ0n) is 16.8. The zero-order chi connectivity index (χ0) is 23.6. The average molecular weight is 541 g/mol. The number of fused-ring (bicyclic) bond motifs is 2. The van der Waals surface area contributed by atoms with Crippen molar-refractivity contribution in [3.63, 3.8) is 0 Å². The molecule has 4 rings (SSSR count). The maximum absolute atomic E-state index is 12.3. The largest absolute Gasteiger partial charge is 0.426 e. The van der Waals surface area contributed by atoms with E-state index in [4.69, 9.17) is 33.9 Å². The molecule has 0 radical (unpaired) electrons. The average Bonchev–Trinajstić information content (AvgIpc) is 3.30. The van der Waals surface area contributed by atoms with E-state index in [1.165, 1.54) is 22.7 Å². The van der Waals surface area contributed by atoms with Gasteiger partial charge in [0.05, 0.1) is 44.8 Å². The molecule has 8 nitrogen and oxygen atoms in total. The minimum Gasteiger partial charge on any atom is -0.426 e. The Morgan fingerprint density at radius 2 is 1.21 bits per heavy atom. The van der Waals surface area contributed by atoms with Crippen LogP contribution in [0.15, 0.2) is 36.4 Å². The van der Waals surface area contributed by atoms with Crippen molar-refractivity contribution in [3.8, 4) is 11.5 Å². The number of aromatic nitrogens is 2. The topological polar surface area (TPSA) is 118 Å². The van der Waals surface area contributed by atoms with Gasteiger partial charge in [-0.1, -0.05) is 0 Å². The van der Waals surface area contributed by atoms with Gasteiger partial charge in [0.2, 0.25) is 0 Å². The lowest BCUT2D eigenvalue weighted by atomic mass is 10.3. The number of H-pyrrole nitrogens is 2. The predicted molar refractivity (Wildman–Crippen MR) is 133 cm³/mol. The molecule has 0 amide bonds. The van der Waals surface area contributed by atoms with Gasteiger partial charge in [-0.15, -0.1) is 22.7 Å². The normalized spacial score (nSPS) is 11.6. The number of nitrogens with one attached hydrogen (secondary N) is 2. The fourth-order valence-electron chi connectivity index (χ4n) is 2.92. The first kappa shape index (κ1) is 23.7. The summed E-state index contributed by atoms with van der Waals surface area (Å²) in [6.45, 7) is 0. The molecule has 172 valence electrons. The maximum atomic E-state index is 12.3. The maximum Gasteiger partial charge on any atom is 0.312 e. The molecule has 0 atom stereocenters. The van der Waals surface area contributed by atoms with Gasteiger partial charge in [0.25, 0.3) is 0 Å². The molecule has 2 N–H and O–H groups in total. The summed E-state index contributed by atoms with van der Waals surface area (Å²) in [6.07, 6.45) is -0.652. The van der Waals surface area contributed by atoms with Crippen molar-refractivity contribution >= 4 is 89.3 Å². The van der Waals surface area contributed by atoms with E-state index in [-0.39, 0.29) is 12.8 Å². The lowest BCUT2D eigenvalue weighted by Crippen LogP contribution is -2.20. The third kappa shape index (κ3) is 6.32. The molecule has 0 aliphatic rings. The summed E-state index contributed by atoms with van der Waals surface area (Å²) in [6, 6.07) is 9.99. The minimum atomic E-state index is -3.65. The molecule has 0 saturated carbocycles. The van der Waals surface area contributed by atoms with Crippen molar-refractivity contribution in [2.24, 2.45) is 0 Å². The Hall–Kier alpha value is -2.45. The van der Waals surface area contributed by atoms with Crippen molar-refractivity contribution in [1.29, 1.82) is 0 Å². The van der Waals surface area contributed by atoms with Gasteiger partial charge in [-0.25, -0.2) is 8.42 Å². The second-order valence-corrected chi connectivity index (χ2v) is 12.7. The number of aromatic amines is 2. The highest BCUT2D eigenvalue weighted by Gasteiger charge is 2.18. The second-order valence-electron chi connectivity index (χ2n) is 6.94. The van der Waals surface area contributed by atoms with E-state index in [1.807, 2.05) is 0 Å². The quantitative estimate of drug-likeness (QED) is 0.183. The third-order valence-corrected chi connectivity index (χ3v) is 8.53. The molecule has 0 saturated heterocycles. The van der Waals surface area contributed by atoms with Crippen LogP contribution >= 0.6 is 47.1 Å². The molecule has 0 fully saturated rings. The standard InChI is InChI=1S/C20H16N2O6S5/c23-17(27-11-1-3-13-15(9-11)31-19(29)21-13)5-7-33(25,26)8-6-18(24)28-12-2-4-14-16(10-12)32-20(30)22-14/h1-4,9-10H,5-8H2,(H,21,29)(H,22,30). The molecule has 13 heteroatoms. The summed E-state index contributed by atoms with van der Waals surface area (Å²) < 4.78 is 37.8. The monoisotopic (exact) mass is 540 g/mol. The van der Waals surface area contributed by atoms with Gasteiger partial charge in [0, 0.05) is 12.1 Å². The third-order valence-electron chi connectivity index (χ3n) is 4.48. The number of carbonyl (C=O) groups excluding carboxylic acids is 2. The van der Waals surface area contributed by atoms with E-state index in [9.17, 15) is 18.0 Å². The van der Waals surface area contributed by atoms with E-state index in [0.717, 1.165) is 20.4 Å². The molecule has 2 heterocycles. The number of hydrogen-bond acceptors (Lipinski definition) is 10. The van der Waals surface area contributed by atoms with Crippen LogP contribution in [-0.4, -0.2) is 41.8 Å². The molecule has 0 aliphatic carbocycles. The molecule has 0 spiro atoms. The summed E-state index contributed by atoms with van der Waals surface area (Å²) in [5.74, 6) is -1.60. The van der Waals surface area contributed by atoms with Crippen molar-refractivity contribution in [1.82, 2.24) is 9.97 Å². The highest BCUT2D eigenvalue weighted by Crippen LogP contribution is 2.26. The summed E-state index contributed by atoms with van der Waals surface area (Å²) in [5.41, 5.74) is 1.66. The van der Waals surface area contributed by atoms with Gasteiger partial charge in [0.1, 0.15) is 11.5 Å². The van der Waals surface area contributed by atoms with Crippen LogP contribution in [0.25, 0.3) is 20.4 Å². The van der Waals surface area contributed by atoms with Crippen molar-refractivity contribution < 1.29 is 27.5 Å². The number of rotatable bonds is 8. The van der Waals surface area contributed by atoms with Crippen LogP contribution in [0.2, 0.25) is 0 Å². The fraction of sp³-hybridized carbons (Fsp3) is 0.200. The first-order valence-electron chi connectivity index (χ1n) is 9.54. The molecule has 0 unspecified atom stereocenters. The molecular weight excluding hydrogens is 525 g/mol. The van der Waals surface area contributed by atoms with Gasteiger partial charge in [-0.3, -0.25) is 9.59 Å². The van der Waals surface area contributed by atoms with Crippen LogP contribution in [0.1, 0.15) is 12.8 Å². The number of benzene rings is 2. The SMILES string of the molecule is O=C(CCS(=O)(=O)CCC(=O)Oc1ccc2[nH]c(=S)sc2c1)Oc1ccc2[nH]c(=S)sc2c1. The molecule has 2 aromatic carbocycles. The molecule has 0 bridgehead atoms. The minimum absolute atomic E-state index is 0.308. The predicted octanol–water partition coefficient (Wildman–Crippen LogP) is 4.94. The number of hydrogen-bond donors (Lipinski definition) is 2. The van der Waals surface area contributed by atoms with E-state index >= 15 is 0 Å². The van der Waals surface area contributed by atoms with Gasteiger partial charge in [-0.2, -0.15) is 0 Å². The van der Waals surface area contributed by atoms with Crippen molar-refractivity contribution in [2.45, 2.75) is 12.8 Å². The first-order chi connectivity index (χ1) is 15.7. The summed E-state index contributed by atoms with van der Waals surface area (Å²) >= 11 is 12.8. The van der Waals surface area contributed by atoms with Gasteiger partial charge in [0.15, 0.2) is 17.7 Å². The van der Waals surface area contributed by atoms with Crippen molar-refractivity contribution in [2.75, 3.05) is 11.5 Å². The van der Waals surface area contributed by atoms with Crippen LogP contribution in [0.4, 0.5) is 0 Å². The molecule has 2 aromatic heterocycles. The fourth-order valence-corrected chi connectivity index (χ4v) is 6.37. The Bertz CT molecular complexity index is 1470. The Morgan fingerprint density at radius 1 is 0.788 bits per heavy atom. The van der Waals surface area contributed by atoms with Gasteiger partial charge < -0.3 is 19.4 Å². The van der Waals surface area contributed by atoms with E-state index in [1.54, 1.807) is 36.4 Å². The first-order valence-corrected chi connectivity index (χ1v) is 13.8. The van der Waals surface area contributed by atoms with Crippen LogP contribution in [0.5, 0.6) is 11.5 Å². The lowest BCUT2D eigenvalue weighted by molar-refractivity contribution is -0.134. The highest BCUT2D eigenvalue weighted by atomic mass is 32.2. The van der Waals surface area contributed by atoms with Crippen molar-refractivity contribution in [3.05, 3.63) is 44.3 Å². The number of carbonyl (C=O) groups is 2.